The molecule has 0 saturated heterocycles. The molecule has 5 nitrogen and oxygen atoms in total. The van der Waals surface area contributed by atoms with Gasteiger partial charge in [0.15, 0.2) is 0 Å². The van der Waals surface area contributed by atoms with Crippen molar-refractivity contribution in [2.45, 2.75) is 25.7 Å². The molecule has 2 N–H and O–H groups in total. The number of carbonyl (C=O) groups excluding carboxylic acids is 1. The lowest BCUT2D eigenvalue weighted by atomic mass is 10.0. The quantitative estimate of drug-likeness (QED) is 0.902. The summed E-state index contributed by atoms with van der Waals surface area (Å²) in [5, 5.41) is 11.9. The minimum atomic E-state index is -1.06. The Morgan fingerprint density at radius 2 is 2.10 bits per heavy atom. The first kappa shape index (κ1) is 13.5. The van der Waals surface area contributed by atoms with Gasteiger partial charge >= 0.3 is 5.97 Å². The second-order valence-corrected chi connectivity index (χ2v) is 5.47. The fourth-order valence-corrected chi connectivity index (χ4v) is 2.39. The van der Waals surface area contributed by atoms with Gasteiger partial charge in [0.2, 0.25) is 0 Å². The van der Waals surface area contributed by atoms with E-state index in [4.69, 9.17) is 5.11 Å². The van der Waals surface area contributed by atoms with E-state index >= 15 is 0 Å². The van der Waals surface area contributed by atoms with E-state index in [0.29, 0.717) is 11.5 Å². The Morgan fingerprint density at radius 1 is 1.33 bits per heavy atom. The zero-order valence-corrected chi connectivity index (χ0v) is 11.7. The molecule has 1 aromatic carbocycles. The van der Waals surface area contributed by atoms with E-state index in [1.807, 2.05) is 25.1 Å². The van der Waals surface area contributed by atoms with Crippen molar-refractivity contribution < 1.29 is 14.7 Å². The number of hydrogen-bond acceptors (Lipinski definition) is 3. The number of aromatic nitrogens is 1. The number of benzene rings is 1. The Bertz CT molecular complexity index is 736. The highest BCUT2D eigenvalue weighted by atomic mass is 16.4. The van der Waals surface area contributed by atoms with Crippen molar-refractivity contribution in [3.8, 4) is 0 Å². The van der Waals surface area contributed by atoms with Gasteiger partial charge in [-0.25, -0.2) is 0 Å². The Morgan fingerprint density at radius 3 is 2.76 bits per heavy atom. The van der Waals surface area contributed by atoms with Gasteiger partial charge in [0.05, 0.1) is 11.1 Å². The van der Waals surface area contributed by atoms with Crippen molar-refractivity contribution in [3.63, 3.8) is 0 Å². The van der Waals surface area contributed by atoms with Crippen LogP contribution in [0, 0.1) is 6.92 Å². The predicted octanol–water partition coefficient (Wildman–Crippen LogP) is 2.24. The minimum Gasteiger partial charge on any atom is -0.480 e. The number of rotatable bonds is 4. The van der Waals surface area contributed by atoms with Crippen LogP contribution in [0.3, 0.4) is 0 Å². The van der Waals surface area contributed by atoms with Gasteiger partial charge in [0.1, 0.15) is 6.54 Å². The summed E-state index contributed by atoms with van der Waals surface area (Å²) in [5.41, 5.74) is 3.25. The lowest BCUT2D eigenvalue weighted by molar-refractivity contribution is -0.135. The lowest BCUT2D eigenvalue weighted by Crippen LogP contribution is -2.29. The molecule has 1 fully saturated rings. The van der Waals surface area contributed by atoms with Crippen LogP contribution in [0.1, 0.15) is 40.4 Å². The molecule has 21 heavy (non-hydrogen) atoms. The topological polar surface area (TPSA) is 79.3 Å². The largest absolute Gasteiger partial charge is 0.480 e. The first-order valence-electron chi connectivity index (χ1n) is 6.96. The van der Waals surface area contributed by atoms with Crippen molar-refractivity contribution >= 4 is 22.8 Å². The van der Waals surface area contributed by atoms with Crippen LogP contribution in [-0.2, 0) is 4.79 Å². The zero-order chi connectivity index (χ0) is 15.0. The molecule has 0 atom stereocenters. The van der Waals surface area contributed by atoms with E-state index < -0.39 is 5.97 Å². The summed E-state index contributed by atoms with van der Waals surface area (Å²) < 4.78 is 0. The van der Waals surface area contributed by atoms with E-state index in [9.17, 15) is 9.59 Å². The number of pyridine rings is 1. The maximum absolute atomic E-state index is 12.3. The summed E-state index contributed by atoms with van der Waals surface area (Å²) in [6.45, 7) is 1.57. The molecule has 1 heterocycles. The molecule has 1 aliphatic rings. The molecule has 108 valence electrons. The molecule has 2 aromatic rings. The van der Waals surface area contributed by atoms with Gasteiger partial charge in [-0.2, -0.15) is 0 Å². The summed E-state index contributed by atoms with van der Waals surface area (Å²) in [4.78, 5) is 27.5. The van der Waals surface area contributed by atoms with Crippen molar-refractivity contribution in [1.82, 2.24) is 10.3 Å². The van der Waals surface area contributed by atoms with Gasteiger partial charge in [-0.05, 0) is 38.0 Å². The highest BCUT2D eigenvalue weighted by molar-refractivity contribution is 6.07. The molecular formula is C16H16N2O3. The Hall–Kier alpha value is -2.43. The van der Waals surface area contributed by atoms with E-state index in [-0.39, 0.29) is 12.5 Å². The van der Waals surface area contributed by atoms with Crippen LogP contribution in [-0.4, -0.2) is 28.5 Å². The molecule has 1 aromatic heterocycles. The molecule has 0 spiro atoms. The second-order valence-electron chi connectivity index (χ2n) is 5.47. The number of carboxylic acids is 1. The van der Waals surface area contributed by atoms with Crippen LogP contribution in [0.15, 0.2) is 24.3 Å². The molecule has 1 aliphatic carbocycles. The smallest absolute Gasteiger partial charge is 0.322 e. The third-order valence-electron chi connectivity index (χ3n) is 3.62. The zero-order valence-electron chi connectivity index (χ0n) is 11.7. The number of carbonyl (C=O) groups is 2. The summed E-state index contributed by atoms with van der Waals surface area (Å²) in [6, 6.07) is 7.58. The average Bonchev–Trinajstić information content (AvgIpc) is 3.28. The highest BCUT2D eigenvalue weighted by Gasteiger charge is 2.27. The first-order valence-corrected chi connectivity index (χ1v) is 6.96. The average molecular weight is 284 g/mol. The standard InChI is InChI=1S/C16H16N2O3/c1-9-2-5-13-11(6-9)12(16(21)17-8-15(19)20)7-14(18-13)10-3-4-10/h2,5-7,10H,3-4,8H2,1H3,(H,17,21)(H,19,20). The second kappa shape index (κ2) is 5.16. The number of aliphatic carboxylic acids is 1. The Labute approximate surface area is 122 Å². The Kier molecular flexibility index (Phi) is 3.33. The van der Waals surface area contributed by atoms with E-state index in [2.05, 4.69) is 10.3 Å². The molecule has 3 rings (SSSR count). The van der Waals surface area contributed by atoms with Crippen LogP contribution in [0.4, 0.5) is 0 Å². The lowest BCUT2D eigenvalue weighted by Gasteiger charge is -2.10. The number of nitrogens with one attached hydrogen (secondary N) is 1. The number of amides is 1. The minimum absolute atomic E-state index is 0.364. The molecule has 1 amide bonds. The fourth-order valence-electron chi connectivity index (χ4n) is 2.39. The van der Waals surface area contributed by atoms with Gasteiger partial charge in [0.25, 0.3) is 5.91 Å². The monoisotopic (exact) mass is 284 g/mol. The highest BCUT2D eigenvalue weighted by Crippen LogP contribution is 2.40. The van der Waals surface area contributed by atoms with Gasteiger partial charge < -0.3 is 10.4 Å². The van der Waals surface area contributed by atoms with Crippen molar-refractivity contribution in [2.75, 3.05) is 6.54 Å². The summed E-state index contributed by atoms with van der Waals surface area (Å²) in [6.07, 6.45) is 2.20. The number of hydrogen-bond donors (Lipinski definition) is 2. The molecule has 0 radical (unpaired) electrons. The van der Waals surface area contributed by atoms with Crippen molar-refractivity contribution in [2.24, 2.45) is 0 Å². The molecule has 1 saturated carbocycles. The van der Waals surface area contributed by atoms with Crippen LogP contribution in [0.2, 0.25) is 0 Å². The predicted molar refractivity (Wildman–Crippen MR) is 78.4 cm³/mol. The Balaban J connectivity index is 2.06. The SMILES string of the molecule is Cc1ccc2nc(C3CC3)cc(C(=O)NCC(=O)O)c2c1. The van der Waals surface area contributed by atoms with Crippen LogP contribution < -0.4 is 5.32 Å². The summed E-state index contributed by atoms with van der Waals surface area (Å²) in [5.74, 6) is -0.987. The van der Waals surface area contributed by atoms with E-state index in [1.54, 1.807) is 6.07 Å². The maximum atomic E-state index is 12.3. The summed E-state index contributed by atoms with van der Waals surface area (Å²) in [7, 11) is 0. The molecule has 5 heteroatoms. The molecular weight excluding hydrogens is 268 g/mol. The molecule has 0 aliphatic heterocycles. The summed E-state index contributed by atoms with van der Waals surface area (Å²) >= 11 is 0. The normalized spacial score (nSPS) is 14.1. The molecule has 0 bridgehead atoms. The van der Waals surface area contributed by atoms with E-state index in [0.717, 1.165) is 35.0 Å². The number of carboxylic acid groups (broad SMARTS) is 1. The number of aryl methyl sites for hydroxylation is 1. The third-order valence-corrected chi connectivity index (χ3v) is 3.62. The molecule has 0 unspecified atom stereocenters. The van der Waals surface area contributed by atoms with Crippen molar-refractivity contribution in [1.29, 1.82) is 0 Å². The van der Waals surface area contributed by atoms with Gasteiger partial charge in [-0.3, -0.25) is 14.6 Å². The number of nitrogens with zero attached hydrogens (tertiary/aromatic N) is 1. The first-order chi connectivity index (χ1) is 10.0. The third kappa shape index (κ3) is 2.86. The van der Waals surface area contributed by atoms with Gasteiger partial charge in [-0.15, -0.1) is 0 Å². The van der Waals surface area contributed by atoms with E-state index in [1.165, 1.54) is 0 Å². The van der Waals surface area contributed by atoms with Crippen LogP contribution in [0.25, 0.3) is 10.9 Å². The van der Waals surface area contributed by atoms with Crippen molar-refractivity contribution in [3.05, 3.63) is 41.1 Å². The van der Waals surface area contributed by atoms with Gasteiger partial charge in [-0.1, -0.05) is 11.6 Å². The number of fused-ring (bicyclic) bond motifs is 1. The van der Waals surface area contributed by atoms with Gasteiger partial charge in [0, 0.05) is 17.0 Å². The van der Waals surface area contributed by atoms with Crippen LogP contribution >= 0.6 is 0 Å². The maximum Gasteiger partial charge on any atom is 0.322 e. The van der Waals surface area contributed by atoms with Crippen LogP contribution in [0.5, 0.6) is 0 Å². The fraction of sp³-hybridized carbons (Fsp3) is 0.312.